The molecule has 0 fully saturated rings. The molecule has 1 aromatic rings. The Labute approximate surface area is 153 Å². The van der Waals surface area contributed by atoms with Crippen molar-refractivity contribution < 1.29 is 9.47 Å². The summed E-state index contributed by atoms with van der Waals surface area (Å²) < 4.78 is 11.1. The van der Waals surface area contributed by atoms with Crippen LogP contribution in [0, 0.1) is 5.92 Å². The molecular formula is C20H35N3O2. The molecule has 0 bridgehead atoms. The van der Waals surface area contributed by atoms with E-state index in [1.807, 2.05) is 18.2 Å². The first-order valence-corrected chi connectivity index (χ1v) is 9.31. The van der Waals surface area contributed by atoms with E-state index < -0.39 is 0 Å². The fraction of sp³-hybridized carbons (Fsp3) is 0.650. The van der Waals surface area contributed by atoms with Gasteiger partial charge in [-0.1, -0.05) is 39.0 Å². The van der Waals surface area contributed by atoms with Gasteiger partial charge in [0.05, 0.1) is 7.11 Å². The molecule has 0 heterocycles. The number of nitrogens with one attached hydrogen (secondary N) is 2. The Balaban J connectivity index is 2.46. The van der Waals surface area contributed by atoms with Crippen LogP contribution in [0.15, 0.2) is 29.3 Å². The summed E-state index contributed by atoms with van der Waals surface area (Å²) in [6.07, 6.45) is 0.971. The second-order valence-corrected chi connectivity index (χ2v) is 6.61. The average Bonchev–Trinajstić information content (AvgIpc) is 2.61. The highest BCUT2D eigenvalue weighted by atomic mass is 16.5. The Morgan fingerprint density at radius 2 is 1.92 bits per heavy atom. The molecular weight excluding hydrogens is 314 g/mol. The van der Waals surface area contributed by atoms with Gasteiger partial charge in [0.2, 0.25) is 0 Å². The van der Waals surface area contributed by atoms with E-state index in [2.05, 4.69) is 44.4 Å². The Bertz CT molecular complexity index is 503. The molecule has 5 nitrogen and oxygen atoms in total. The van der Waals surface area contributed by atoms with Crippen molar-refractivity contribution in [1.29, 1.82) is 0 Å². The number of ether oxygens (including phenoxy) is 2. The van der Waals surface area contributed by atoms with Gasteiger partial charge in [0, 0.05) is 38.8 Å². The van der Waals surface area contributed by atoms with Crippen LogP contribution >= 0.6 is 0 Å². The van der Waals surface area contributed by atoms with Crippen LogP contribution in [0.3, 0.4) is 0 Å². The first kappa shape index (κ1) is 21.3. The van der Waals surface area contributed by atoms with E-state index in [1.165, 1.54) is 5.56 Å². The van der Waals surface area contributed by atoms with Crippen molar-refractivity contribution in [3.8, 4) is 5.75 Å². The van der Waals surface area contributed by atoms with Crippen LogP contribution in [-0.4, -0.2) is 45.9 Å². The standard InChI is InChI=1S/C20H35N3O2/c1-6-21-20(22-12-9-13-25-15-16(2)3)23-14-17(4)18-10-7-8-11-19(18)24-5/h7-8,10-11,16-17H,6,9,12-15H2,1-5H3,(H2,21,22,23). The normalized spacial score (nSPS) is 13.0. The number of hydrogen-bond donors (Lipinski definition) is 2. The Morgan fingerprint density at radius 3 is 2.60 bits per heavy atom. The number of methoxy groups -OCH3 is 1. The number of rotatable bonds is 11. The van der Waals surface area contributed by atoms with Gasteiger partial charge in [0.1, 0.15) is 5.75 Å². The van der Waals surface area contributed by atoms with Gasteiger partial charge in [-0.3, -0.25) is 4.99 Å². The molecule has 0 amide bonds. The van der Waals surface area contributed by atoms with Gasteiger partial charge in [-0.15, -0.1) is 0 Å². The molecule has 1 aromatic carbocycles. The lowest BCUT2D eigenvalue weighted by atomic mass is 10.0. The van der Waals surface area contributed by atoms with Crippen LogP contribution in [-0.2, 0) is 4.74 Å². The zero-order chi connectivity index (χ0) is 18.5. The van der Waals surface area contributed by atoms with Gasteiger partial charge in [-0.2, -0.15) is 0 Å². The minimum atomic E-state index is 0.293. The highest BCUT2D eigenvalue weighted by Gasteiger charge is 2.10. The van der Waals surface area contributed by atoms with Crippen molar-refractivity contribution in [2.75, 3.05) is 40.0 Å². The van der Waals surface area contributed by atoms with Crippen LogP contribution in [0.2, 0.25) is 0 Å². The number of nitrogens with zero attached hydrogens (tertiary/aromatic N) is 1. The zero-order valence-electron chi connectivity index (χ0n) is 16.5. The van der Waals surface area contributed by atoms with Gasteiger partial charge in [-0.25, -0.2) is 0 Å². The molecule has 0 radical (unpaired) electrons. The van der Waals surface area contributed by atoms with Crippen LogP contribution < -0.4 is 15.4 Å². The molecule has 1 unspecified atom stereocenters. The summed E-state index contributed by atoms with van der Waals surface area (Å²) in [5.41, 5.74) is 1.19. The average molecular weight is 350 g/mol. The van der Waals surface area contributed by atoms with Crippen LogP contribution in [0.4, 0.5) is 0 Å². The van der Waals surface area contributed by atoms with E-state index in [4.69, 9.17) is 14.5 Å². The third kappa shape index (κ3) is 8.77. The van der Waals surface area contributed by atoms with E-state index >= 15 is 0 Å². The molecule has 0 saturated carbocycles. The molecule has 2 N–H and O–H groups in total. The van der Waals surface area contributed by atoms with Gasteiger partial charge in [0.15, 0.2) is 5.96 Å². The predicted octanol–water partition coefficient (Wildman–Crippen LogP) is 3.42. The van der Waals surface area contributed by atoms with E-state index in [1.54, 1.807) is 7.11 Å². The molecule has 1 rings (SSSR count). The molecule has 5 heteroatoms. The summed E-state index contributed by atoms with van der Waals surface area (Å²) in [5, 5.41) is 6.67. The van der Waals surface area contributed by atoms with Gasteiger partial charge in [0.25, 0.3) is 0 Å². The maximum absolute atomic E-state index is 5.60. The summed E-state index contributed by atoms with van der Waals surface area (Å²) >= 11 is 0. The molecule has 25 heavy (non-hydrogen) atoms. The molecule has 142 valence electrons. The van der Waals surface area contributed by atoms with Gasteiger partial charge >= 0.3 is 0 Å². The largest absolute Gasteiger partial charge is 0.496 e. The first-order valence-electron chi connectivity index (χ1n) is 9.31. The first-order chi connectivity index (χ1) is 12.1. The lowest BCUT2D eigenvalue weighted by molar-refractivity contribution is 0.108. The maximum Gasteiger partial charge on any atom is 0.191 e. The topological polar surface area (TPSA) is 54.9 Å². The smallest absolute Gasteiger partial charge is 0.191 e. The van der Waals surface area contributed by atoms with E-state index in [0.717, 1.165) is 44.4 Å². The quantitative estimate of drug-likeness (QED) is 0.365. The Kier molecular flexibility index (Phi) is 10.7. The van der Waals surface area contributed by atoms with Crippen LogP contribution in [0.25, 0.3) is 0 Å². The fourth-order valence-electron chi connectivity index (χ4n) is 2.44. The molecule has 0 saturated heterocycles. The highest BCUT2D eigenvalue weighted by molar-refractivity contribution is 5.79. The van der Waals surface area contributed by atoms with E-state index in [9.17, 15) is 0 Å². The SMILES string of the molecule is CCNC(=NCC(C)c1ccccc1OC)NCCCOCC(C)C. The number of aliphatic imine (C=N–C) groups is 1. The molecule has 0 aromatic heterocycles. The van der Waals surface area contributed by atoms with Crippen molar-refractivity contribution in [3.63, 3.8) is 0 Å². The number of hydrogen-bond acceptors (Lipinski definition) is 3. The zero-order valence-corrected chi connectivity index (χ0v) is 16.5. The van der Waals surface area contributed by atoms with Crippen molar-refractivity contribution in [2.45, 2.75) is 40.0 Å². The second-order valence-electron chi connectivity index (χ2n) is 6.61. The van der Waals surface area contributed by atoms with Gasteiger partial charge < -0.3 is 20.1 Å². The monoisotopic (exact) mass is 349 g/mol. The second kappa shape index (κ2) is 12.6. The lowest BCUT2D eigenvalue weighted by Gasteiger charge is -2.16. The third-order valence-electron chi connectivity index (χ3n) is 3.75. The molecule has 0 aliphatic heterocycles. The summed E-state index contributed by atoms with van der Waals surface area (Å²) in [4.78, 5) is 4.71. The summed E-state index contributed by atoms with van der Waals surface area (Å²) in [7, 11) is 1.71. The summed E-state index contributed by atoms with van der Waals surface area (Å²) in [5.74, 6) is 2.66. The fourth-order valence-corrected chi connectivity index (χ4v) is 2.44. The van der Waals surface area contributed by atoms with Crippen molar-refractivity contribution in [1.82, 2.24) is 10.6 Å². The van der Waals surface area contributed by atoms with Crippen LogP contribution in [0.1, 0.15) is 45.6 Å². The number of benzene rings is 1. The van der Waals surface area contributed by atoms with Crippen molar-refractivity contribution in [2.24, 2.45) is 10.9 Å². The Hall–Kier alpha value is -1.75. The van der Waals surface area contributed by atoms with Crippen LogP contribution in [0.5, 0.6) is 5.75 Å². The lowest BCUT2D eigenvalue weighted by Crippen LogP contribution is -2.38. The third-order valence-corrected chi connectivity index (χ3v) is 3.75. The van der Waals surface area contributed by atoms with E-state index in [-0.39, 0.29) is 0 Å². The Morgan fingerprint density at radius 1 is 1.16 bits per heavy atom. The minimum Gasteiger partial charge on any atom is -0.496 e. The molecule has 1 atom stereocenters. The molecule has 0 aliphatic rings. The molecule has 0 aliphatic carbocycles. The van der Waals surface area contributed by atoms with Crippen molar-refractivity contribution in [3.05, 3.63) is 29.8 Å². The maximum atomic E-state index is 5.60. The number of para-hydroxylation sites is 1. The molecule has 0 spiro atoms. The summed E-state index contributed by atoms with van der Waals surface area (Å²) in [6, 6.07) is 8.13. The van der Waals surface area contributed by atoms with E-state index in [0.29, 0.717) is 18.4 Å². The minimum absolute atomic E-state index is 0.293. The predicted molar refractivity (Wildman–Crippen MR) is 106 cm³/mol. The number of guanidine groups is 1. The van der Waals surface area contributed by atoms with Gasteiger partial charge in [-0.05, 0) is 30.9 Å². The van der Waals surface area contributed by atoms with Crippen molar-refractivity contribution >= 4 is 5.96 Å². The highest BCUT2D eigenvalue weighted by Crippen LogP contribution is 2.26. The summed E-state index contributed by atoms with van der Waals surface area (Å²) in [6.45, 7) is 12.6.